The van der Waals surface area contributed by atoms with E-state index in [0.717, 1.165) is 0 Å². The predicted octanol–water partition coefficient (Wildman–Crippen LogP) is -0.148. The largest absolute Gasteiger partial charge is 0.394 e. The molecule has 2 aliphatic heterocycles. The lowest BCUT2D eigenvalue weighted by Gasteiger charge is -2.25. The second kappa shape index (κ2) is 3.68. The molecule has 0 bridgehead atoms. The van der Waals surface area contributed by atoms with Gasteiger partial charge in [0.15, 0.2) is 12.1 Å². The molecule has 5 nitrogen and oxygen atoms in total. The van der Waals surface area contributed by atoms with Gasteiger partial charge in [0.2, 0.25) is 0 Å². The van der Waals surface area contributed by atoms with Crippen molar-refractivity contribution in [1.29, 1.82) is 0 Å². The van der Waals surface area contributed by atoms with Crippen molar-refractivity contribution in [2.24, 2.45) is 5.92 Å². The van der Waals surface area contributed by atoms with Crippen molar-refractivity contribution in [2.75, 3.05) is 6.61 Å². The van der Waals surface area contributed by atoms with E-state index in [1.807, 2.05) is 20.8 Å². The number of rotatable bonds is 2. The van der Waals surface area contributed by atoms with E-state index in [1.54, 1.807) is 0 Å². The summed E-state index contributed by atoms with van der Waals surface area (Å²) in [7, 11) is 0. The first kappa shape index (κ1) is 11.3. The van der Waals surface area contributed by atoms with E-state index in [0.29, 0.717) is 0 Å². The van der Waals surface area contributed by atoms with E-state index >= 15 is 0 Å². The van der Waals surface area contributed by atoms with Crippen molar-refractivity contribution in [1.82, 2.24) is 0 Å². The molecule has 5 atom stereocenters. The summed E-state index contributed by atoms with van der Waals surface area (Å²) in [6.07, 6.45) is -1.88. The third-order valence-corrected chi connectivity index (χ3v) is 2.98. The average Bonchev–Trinajstić information content (AvgIpc) is 2.60. The molecule has 2 saturated heterocycles. The van der Waals surface area contributed by atoms with Gasteiger partial charge in [-0.15, -0.1) is 0 Å². The molecule has 2 unspecified atom stereocenters. The van der Waals surface area contributed by atoms with Gasteiger partial charge in [0.25, 0.3) is 0 Å². The summed E-state index contributed by atoms with van der Waals surface area (Å²) in [5.41, 5.74) is 0. The molecule has 2 N–H and O–H groups in total. The average molecular weight is 218 g/mol. The minimum atomic E-state index is -0.874. The summed E-state index contributed by atoms with van der Waals surface area (Å²) >= 11 is 0. The molecular weight excluding hydrogens is 200 g/mol. The second-order valence-corrected chi connectivity index (χ2v) is 4.68. The lowest BCUT2D eigenvalue weighted by molar-refractivity contribution is -0.221. The molecule has 2 fully saturated rings. The molecular formula is C10H18O5. The lowest BCUT2D eigenvalue weighted by Crippen LogP contribution is -2.37. The lowest BCUT2D eigenvalue weighted by atomic mass is 9.97. The second-order valence-electron chi connectivity index (χ2n) is 4.68. The van der Waals surface area contributed by atoms with Crippen LogP contribution < -0.4 is 0 Å². The molecule has 15 heavy (non-hydrogen) atoms. The number of aliphatic hydroxyl groups is 2. The number of hydrogen-bond donors (Lipinski definition) is 2. The Labute approximate surface area is 88.9 Å². The Morgan fingerprint density at radius 2 is 2.00 bits per heavy atom. The van der Waals surface area contributed by atoms with Crippen LogP contribution in [0.15, 0.2) is 0 Å². The van der Waals surface area contributed by atoms with Gasteiger partial charge in [-0.05, 0) is 13.8 Å². The molecule has 0 aromatic rings. The maximum atomic E-state index is 9.53. The molecule has 0 saturated carbocycles. The Kier molecular flexibility index (Phi) is 2.77. The highest BCUT2D eigenvalue weighted by atomic mass is 16.8. The Bertz CT molecular complexity index is 242. The van der Waals surface area contributed by atoms with Gasteiger partial charge in [0.1, 0.15) is 12.2 Å². The predicted molar refractivity (Wildman–Crippen MR) is 51.0 cm³/mol. The molecule has 2 rings (SSSR count). The van der Waals surface area contributed by atoms with Crippen molar-refractivity contribution in [3.05, 3.63) is 0 Å². The number of ether oxygens (including phenoxy) is 3. The van der Waals surface area contributed by atoms with Crippen LogP contribution in [0.3, 0.4) is 0 Å². The zero-order valence-corrected chi connectivity index (χ0v) is 9.21. The monoisotopic (exact) mass is 218 g/mol. The summed E-state index contributed by atoms with van der Waals surface area (Å²) in [6, 6.07) is 0. The smallest absolute Gasteiger partial charge is 0.187 e. The normalized spacial score (nSPS) is 45.4. The van der Waals surface area contributed by atoms with Crippen molar-refractivity contribution in [3.8, 4) is 0 Å². The summed E-state index contributed by atoms with van der Waals surface area (Å²) in [6.45, 7) is 5.29. The first-order valence-corrected chi connectivity index (χ1v) is 5.24. The van der Waals surface area contributed by atoms with E-state index in [9.17, 15) is 5.11 Å². The number of aliphatic hydroxyl groups excluding tert-OH is 2. The Morgan fingerprint density at radius 3 is 2.53 bits per heavy atom. The van der Waals surface area contributed by atoms with Crippen molar-refractivity contribution >= 4 is 0 Å². The molecule has 0 aromatic heterocycles. The molecule has 5 heteroatoms. The molecule has 0 amide bonds. The van der Waals surface area contributed by atoms with Crippen LogP contribution in [0, 0.1) is 5.92 Å². The van der Waals surface area contributed by atoms with Gasteiger partial charge >= 0.3 is 0 Å². The zero-order valence-electron chi connectivity index (χ0n) is 9.21. The standard InChI is InChI=1S/C10H18O5/c1-5-7(6(12)4-11)13-9-8(5)14-10(2,3)15-9/h5-9,11-12H,4H2,1-3H3/t5-,6?,7+,8?,9-/m1/s1. The van der Waals surface area contributed by atoms with Crippen molar-refractivity contribution in [2.45, 2.75) is 51.2 Å². The van der Waals surface area contributed by atoms with E-state index in [2.05, 4.69) is 0 Å². The Balaban J connectivity index is 2.05. The Hall–Kier alpha value is -0.200. The summed E-state index contributed by atoms with van der Waals surface area (Å²) in [4.78, 5) is 0. The van der Waals surface area contributed by atoms with Crippen LogP contribution in [0.1, 0.15) is 20.8 Å². The SMILES string of the molecule is C[C@H]1C2OC(C)(C)O[C@H]2O[C@@H]1C(O)CO. The third-order valence-electron chi connectivity index (χ3n) is 2.98. The quantitative estimate of drug-likeness (QED) is 0.674. The van der Waals surface area contributed by atoms with Crippen molar-refractivity contribution in [3.63, 3.8) is 0 Å². The van der Waals surface area contributed by atoms with Gasteiger partial charge in [-0.2, -0.15) is 0 Å². The molecule has 2 aliphatic rings. The van der Waals surface area contributed by atoms with Crippen LogP contribution in [-0.2, 0) is 14.2 Å². The van der Waals surface area contributed by atoms with Crippen LogP contribution in [0.4, 0.5) is 0 Å². The first-order chi connectivity index (χ1) is 6.94. The minimum Gasteiger partial charge on any atom is -0.394 e. The fourth-order valence-electron chi connectivity index (χ4n) is 2.23. The van der Waals surface area contributed by atoms with Crippen LogP contribution in [-0.4, -0.2) is 47.2 Å². The third kappa shape index (κ3) is 1.90. The van der Waals surface area contributed by atoms with Gasteiger partial charge in [-0.25, -0.2) is 0 Å². The van der Waals surface area contributed by atoms with Crippen LogP contribution in [0.25, 0.3) is 0 Å². The van der Waals surface area contributed by atoms with Gasteiger partial charge < -0.3 is 24.4 Å². The van der Waals surface area contributed by atoms with Gasteiger partial charge in [-0.3, -0.25) is 0 Å². The number of fused-ring (bicyclic) bond motifs is 1. The van der Waals surface area contributed by atoms with E-state index in [1.165, 1.54) is 0 Å². The van der Waals surface area contributed by atoms with Crippen LogP contribution in [0.5, 0.6) is 0 Å². The fraction of sp³-hybridized carbons (Fsp3) is 1.00. The van der Waals surface area contributed by atoms with E-state index < -0.39 is 24.3 Å². The fourth-order valence-corrected chi connectivity index (χ4v) is 2.23. The first-order valence-electron chi connectivity index (χ1n) is 5.24. The summed E-state index contributed by atoms with van der Waals surface area (Å²) in [5.74, 6) is -0.613. The Morgan fingerprint density at radius 1 is 1.33 bits per heavy atom. The molecule has 0 radical (unpaired) electrons. The van der Waals surface area contributed by atoms with E-state index in [4.69, 9.17) is 19.3 Å². The summed E-state index contributed by atoms with van der Waals surface area (Å²) in [5, 5.41) is 18.4. The molecule has 0 aromatic carbocycles. The maximum Gasteiger partial charge on any atom is 0.187 e. The number of hydrogen-bond acceptors (Lipinski definition) is 5. The van der Waals surface area contributed by atoms with E-state index in [-0.39, 0.29) is 18.6 Å². The molecule has 0 spiro atoms. The highest BCUT2D eigenvalue weighted by Crippen LogP contribution is 2.41. The minimum absolute atomic E-state index is 0.0129. The summed E-state index contributed by atoms with van der Waals surface area (Å²) < 4.78 is 16.7. The maximum absolute atomic E-state index is 9.53. The van der Waals surface area contributed by atoms with Gasteiger partial charge in [-0.1, -0.05) is 6.92 Å². The topological polar surface area (TPSA) is 68.2 Å². The zero-order chi connectivity index (χ0) is 11.2. The van der Waals surface area contributed by atoms with Crippen LogP contribution in [0.2, 0.25) is 0 Å². The van der Waals surface area contributed by atoms with Gasteiger partial charge in [0, 0.05) is 5.92 Å². The van der Waals surface area contributed by atoms with Crippen LogP contribution >= 0.6 is 0 Å². The molecule has 2 heterocycles. The molecule has 0 aliphatic carbocycles. The highest BCUT2D eigenvalue weighted by molar-refractivity contribution is 4.93. The van der Waals surface area contributed by atoms with Gasteiger partial charge in [0.05, 0.1) is 12.7 Å². The van der Waals surface area contributed by atoms with Crippen molar-refractivity contribution < 1.29 is 24.4 Å². The molecule has 88 valence electrons. The highest BCUT2D eigenvalue weighted by Gasteiger charge is 2.54.